The average Bonchev–Trinajstić information content (AvgIpc) is 2.74. The molecule has 0 aromatic heterocycles. The molecule has 2 aromatic carbocycles. The highest BCUT2D eigenvalue weighted by atomic mass is 35.5. The number of methoxy groups -OCH3 is 1. The number of amides is 1. The van der Waals surface area contributed by atoms with Crippen LogP contribution >= 0.6 is 12.4 Å². The third-order valence-corrected chi connectivity index (χ3v) is 3.28. The number of alkyl carbamates (subject to hydrolysis) is 1. The lowest BCUT2D eigenvalue weighted by molar-refractivity contribution is 0.168. The van der Waals surface area contributed by atoms with E-state index in [1.165, 1.54) is 18.2 Å². The van der Waals surface area contributed by atoms with Gasteiger partial charge >= 0.3 is 6.09 Å². The average molecular weight is 276 g/mol. The summed E-state index contributed by atoms with van der Waals surface area (Å²) in [4.78, 5) is 11.5. The van der Waals surface area contributed by atoms with Crippen LogP contribution in [-0.2, 0) is 4.74 Å². The second-order valence-corrected chi connectivity index (χ2v) is 4.24. The van der Waals surface area contributed by atoms with Crippen molar-refractivity contribution in [2.75, 3.05) is 7.11 Å². The number of rotatable bonds is 1. The SMILES string of the molecule is COC(=O)NC1c2ccccc2-c2ccccc21.Cl. The largest absolute Gasteiger partial charge is 0.453 e. The molecule has 1 aliphatic rings. The lowest BCUT2D eigenvalue weighted by Crippen LogP contribution is -2.27. The first kappa shape index (κ1) is 13.4. The zero-order valence-corrected chi connectivity index (χ0v) is 11.2. The van der Waals surface area contributed by atoms with Gasteiger partial charge < -0.3 is 10.1 Å². The molecular weight excluding hydrogens is 262 g/mol. The van der Waals surface area contributed by atoms with E-state index in [0.717, 1.165) is 11.1 Å². The fraction of sp³-hybridized carbons (Fsp3) is 0.133. The van der Waals surface area contributed by atoms with Crippen LogP contribution in [-0.4, -0.2) is 13.2 Å². The van der Waals surface area contributed by atoms with Gasteiger partial charge in [0.1, 0.15) is 0 Å². The van der Waals surface area contributed by atoms with Crippen LogP contribution in [0.5, 0.6) is 0 Å². The van der Waals surface area contributed by atoms with Crippen LogP contribution in [0.25, 0.3) is 11.1 Å². The summed E-state index contributed by atoms with van der Waals surface area (Å²) < 4.78 is 4.69. The summed E-state index contributed by atoms with van der Waals surface area (Å²) in [5.41, 5.74) is 4.58. The van der Waals surface area contributed by atoms with E-state index < -0.39 is 6.09 Å². The second kappa shape index (κ2) is 5.33. The van der Waals surface area contributed by atoms with Crippen molar-refractivity contribution in [2.45, 2.75) is 6.04 Å². The standard InChI is InChI=1S/C15H13NO2.ClH/c1-18-15(17)16-14-12-8-4-2-6-10(12)11-7-3-5-9-13(11)14;/h2-9,14H,1H3,(H,16,17);1H. The Hall–Kier alpha value is -2.00. The molecule has 3 rings (SSSR count). The molecule has 0 spiro atoms. The Labute approximate surface area is 118 Å². The zero-order valence-electron chi connectivity index (χ0n) is 10.4. The van der Waals surface area contributed by atoms with Gasteiger partial charge in [-0.05, 0) is 22.3 Å². The summed E-state index contributed by atoms with van der Waals surface area (Å²) in [6.45, 7) is 0. The number of halogens is 1. The molecule has 1 amide bonds. The maximum Gasteiger partial charge on any atom is 0.407 e. The van der Waals surface area contributed by atoms with Gasteiger partial charge in [-0.15, -0.1) is 12.4 Å². The molecule has 0 radical (unpaired) electrons. The number of benzene rings is 2. The summed E-state index contributed by atoms with van der Waals surface area (Å²) >= 11 is 0. The van der Waals surface area contributed by atoms with Gasteiger partial charge in [-0.1, -0.05) is 48.5 Å². The predicted molar refractivity (Wildman–Crippen MR) is 76.5 cm³/mol. The minimum absolute atomic E-state index is 0. The summed E-state index contributed by atoms with van der Waals surface area (Å²) in [6.07, 6.45) is -0.411. The Morgan fingerprint density at radius 3 is 1.95 bits per heavy atom. The summed E-state index contributed by atoms with van der Waals surface area (Å²) in [5.74, 6) is 0. The van der Waals surface area contributed by atoms with Crippen molar-refractivity contribution in [1.82, 2.24) is 5.32 Å². The third-order valence-electron chi connectivity index (χ3n) is 3.28. The first-order valence-electron chi connectivity index (χ1n) is 5.84. The first-order chi connectivity index (χ1) is 8.81. The van der Waals surface area contributed by atoms with Crippen molar-refractivity contribution >= 4 is 18.5 Å². The van der Waals surface area contributed by atoms with E-state index in [-0.39, 0.29) is 18.4 Å². The van der Waals surface area contributed by atoms with E-state index in [4.69, 9.17) is 4.74 Å². The molecule has 4 heteroatoms. The van der Waals surface area contributed by atoms with Crippen LogP contribution in [0.3, 0.4) is 0 Å². The molecule has 0 atom stereocenters. The molecule has 0 heterocycles. The molecule has 0 unspecified atom stereocenters. The van der Waals surface area contributed by atoms with Gasteiger partial charge in [0.2, 0.25) is 0 Å². The minimum Gasteiger partial charge on any atom is -0.453 e. The fourth-order valence-electron chi connectivity index (χ4n) is 2.49. The normalized spacial score (nSPS) is 12.1. The van der Waals surface area contributed by atoms with E-state index in [1.807, 2.05) is 36.4 Å². The Bertz CT molecular complexity index is 567. The maximum absolute atomic E-state index is 11.5. The van der Waals surface area contributed by atoms with Crippen LogP contribution in [0, 0.1) is 0 Å². The molecule has 0 bridgehead atoms. The van der Waals surface area contributed by atoms with Gasteiger partial charge in [0.15, 0.2) is 0 Å². The monoisotopic (exact) mass is 275 g/mol. The molecule has 0 saturated heterocycles. The molecule has 98 valence electrons. The van der Waals surface area contributed by atoms with E-state index in [1.54, 1.807) is 0 Å². The molecule has 0 aliphatic heterocycles. The van der Waals surface area contributed by atoms with Gasteiger partial charge in [0.05, 0.1) is 13.2 Å². The Morgan fingerprint density at radius 1 is 1.00 bits per heavy atom. The predicted octanol–water partition coefficient (Wildman–Crippen LogP) is 3.53. The minimum atomic E-state index is -0.411. The molecule has 0 fully saturated rings. The molecule has 0 saturated carbocycles. The highest BCUT2D eigenvalue weighted by Crippen LogP contribution is 2.42. The van der Waals surface area contributed by atoms with E-state index >= 15 is 0 Å². The number of carbonyl (C=O) groups is 1. The van der Waals surface area contributed by atoms with Crippen LogP contribution in [0.2, 0.25) is 0 Å². The molecule has 19 heavy (non-hydrogen) atoms. The summed E-state index contributed by atoms with van der Waals surface area (Å²) in [5, 5.41) is 2.88. The van der Waals surface area contributed by atoms with Crippen molar-refractivity contribution in [1.29, 1.82) is 0 Å². The fourth-order valence-corrected chi connectivity index (χ4v) is 2.49. The molecule has 3 nitrogen and oxygen atoms in total. The number of hydrogen-bond donors (Lipinski definition) is 1. The van der Waals surface area contributed by atoms with Gasteiger partial charge in [-0.2, -0.15) is 0 Å². The van der Waals surface area contributed by atoms with Gasteiger partial charge in [0, 0.05) is 0 Å². The number of ether oxygens (including phenoxy) is 1. The highest BCUT2D eigenvalue weighted by molar-refractivity contribution is 5.85. The van der Waals surface area contributed by atoms with Crippen LogP contribution in [0.4, 0.5) is 4.79 Å². The molecular formula is C15H14ClNO2. The molecule has 1 aliphatic carbocycles. The van der Waals surface area contributed by atoms with Crippen molar-refractivity contribution in [2.24, 2.45) is 0 Å². The maximum atomic E-state index is 11.5. The van der Waals surface area contributed by atoms with Crippen LogP contribution < -0.4 is 5.32 Å². The van der Waals surface area contributed by atoms with Gasteiger partial charge in [0.25, 0.3) is 0 Å². The Kier molecular flexibility index (Phi) is 3.76. The van der Waals surface area contributed by atoms with Crippen LogP contribution in [0.1, 0.15) is 17.2 Å². The number of carbonyl (C=O) groups excluding carboxylic acids is 1. The number of nitrogens with one attached hydrogen (secondary N) is 1. The third kappa shape index (κ3) is 2.17. The lowest BCUT2D eigenvalue weighted by Gasteiger charge is -2.14. The second-order valence-electron chi connectivity index (χ2n) is 4.24. The van der Waals surface area contributed by atoms with Gasteiger partial charge in [-0.3, -0.25) is 0 Å². The van der Waals surface area contributed by atoms with Crippen molar-refractivity contribution < 1.29 is 9.53 Å². The quantitative estimate of drug-likeness (QED) is 0.864. The van der Waals surface area contributed by atoms with Crippen molar-refractivity contribution in [3.05, 3.63) is 59.7 Å². The zero-order chi connectivity index (χ0) is 12.5. The molecule has 1 N–H and O–H groups in total. The number of fused-ring (bicyclic) bond motifs is 3. The van der Waals surface area contributed by atoms with Crippen molar-refractivity contribution in [3.63, 3.8) is 0 Å². The summed E-state index contributed by atoms with van der Waals surface area (Å²) in [6, 6.07) is 16.1. The van der Waals surface area contributed by atoms with E-state index in [0.29, 0.717) is 0 Å². The lowest BCUT2D eigenvalue weighted by atomic mass is 10.1. The summed E-state index contributed by atoms with van der Waals surface area (Å²) in [7, 11) is 1.38. The topological polar surface area (TPSA) is 38.3 Å². The highest BCUT2D eigenvalue weighted by Gasteiger charge is 2.29. The smallest absolute Gasteiger partial charge is 0.407 e. The van der Waals surface area contributed by atoms with Gasteiger partial charge in [-0.25, -0.2) is 4.79 Å². The van der Waals surface area contributed by atoms with E-state index in [2.05, 4.69) is 17.4 Å². The first-order valence-corrected chi connectivity index (χ1v) is 5.84. The number of hydrogen-bond acceptors (Lipinski definition) is 2. The van der Waals surface area contributed by atoms with Crippen molar-refractivity contribution in [3.8, 4) is 11.1 Å². The van der Waals surface area contributed by atoms with E-state index in [9.17, 15) is 4.79 Å². The Balaban J connectivity index is 0.00000133. The molecule has 2 aromatic rings. The van der Waals surface area contributed by atoms with Crippen LogP contribution in [0.15, 0.2) is 48.5 Å². The Morgan fingerprint density at radius 2 is 1.47 bits per heavy atom.